The maximum Gasteiger partial charge on any atom is 0.233 e. The van der Waals surface area contributed by atoms with Gasteiger partial charge in [0.25, 0.3) is 0 Å². The molecule has 1 rings (SSSR count). The number of hydrogen-bond acceptors (Lipinski definition) is 2. The number of piperidine rings is 1. The van der Waals surface area contributed by atoms with Crippen molar-refractivity contribution in [3.63, 3.8) is 0 Å². The fourth-order valence-electron chi connectivity index (χ4n) is 1.43. The SMILES string of the molecule is CCC1(C=O)CCCNC1=O. The fraction of sp³-hybridized carbons (Fsp3) is 0.750. The van der Waals surface area contributed by atoms with Crippen molar-refractivity contribution in [3.8, 4) is 0 Å². The summed E-state index contributed by atoms with van der Waals surface area (Å²) >= 11 is 0. The number of amides is 1. The number of nitrogens with one attached hydrogen (secondary N) is 1. The van der Waals surface area contributed by atoms with Gasteiger partial charge in [-0.15, -0.1) is 0 Å². The predicted molar refractivity (Wildman–Crippen MR) is 41.0 cm³/mol. The molecule has 0 radical (unpaired) electrons. The molecule has 0 aromatic rings. The van der Waals surface area contributed by atoms with Crippen molar-refractivity contribution in [3.05, 3.63) is 0 Å². The Morgan fingerprint density at radius 1 is 1.73 bits per heavy atom. The van der Waals surface area contributed by atoms with Gasteiger partial charge in [-0.3, -0.25) is 4.79 Å². The highest BCUT2D eigenvalue weighted by Crippen LogP contribution is 2.28. The number of hydrogen-bond donors (Lipinski definition) is 1. The van der Waals surface area contributed by atoms with Crippen LogP contribution in [0.2, 0.25) is 0 Å². The van der Waals surface area contributed by atoms with Gasteiger partial charge in [0.05, 0.1) is 0 Å². The monoisotopic (exact) mass is 155 g/mol. The average Bonchev–Trinajstić information content (AvgIpc) is 2.06. The molecule has 1 N–H and O–H groups in total. The summed E-state index contributed by atoms with van der Waals surface area (Å²) in [5.41, 5.74) is -0.710. The Balaban J connectivity index is 2.77. The van der Waals surface area contributed by atoms with Crippen molar-refractivity contribution in [2.45, 2.75) is 26.2 Å². The Hall–Kier alpha value is -0.860. The summed E-state index contributed by atoms with van der Waals surface area (Å²) in [7, 11) is 0. The molecular weight excluding hydrogens is 142 g/mol. The topological polar surface area (TPSA) is 46.2 Å². The smallest absolute Gasteiger partial charge is 0.233 e. The van der Waals surface area contributed by atoms with Crippen molar-refractivity contribution in [1.29, 1.82) is 0 Å². The van der Waals surface area contributed by atoms with Crippen LogP contribution in [0.25, 0.3) is 0 Å². The highest BCUT2D eigenvalue weighted by molar-refractivity contribution is 5.97. The number of carbonyl (C=O) groups excluding carboxylic acids is 2. The first-order chi connectivity index (χ1) is 5.25. The van der Waals surface area contributed by atoms with E-state index in [4.69, 9.17) is 0 Å². The first kappa shape index (κ1) is 8.24. The third-order valence-electron chi connectivity index (χ3n) is 2.39. The molecule has 0 saturated carbocycles. The maximum absolute atomic E-state index is 11.2. The molecule has 1 unspecified atom stereocenters. The quantitative estimate of drug-likeness (QED) is 0.466. The van der Waals surface area contributed by atoms with Crippen molar-refractivity contribution in [2.24, 2.45) is 5.41 Å². The molecule has 3 heteroatoms. The molecule has 0 aromatic carbocycles. The summed E-state index contributed by atoms with van der Waals surface area (Å²) in [6, 6.07) is 0. The van der Waals surface area contributed by atoms with Gasteiger partial charge in [0.2, 0.25) is 5.91 Å². The Morgan fingerprint density at radius 3 is 2.82 bits per heavy atom. The van der Waals surface area contributed by atoms with Crippen LogP contribution >= 0.6 is 0 Å². The van der Waals surface area contributed by atoms with Crippen molar-refractivity contribution >= 4 is 12.2 Å². The first-order valence-corrected chi connectivity index (χ1v) is 4.00. The zero-order chi connectivity index (χ0) is 8.32. The van der Waals surface area contributed by atoms with E-state index < -0.39 is 5.41 Å². The van der Waals surface area contributed by atoms with E-state index in [2.05, 4.69) is 5.32 Å². The van der Waals surface area contributed by atoms with Gasteiger partial charge in [0.1, 0.15) is 11.7 Å². The second-order valence-corrected chi connectivity index (χ2v) is 2.99. The molecule has 0 spiro atoms. The normalized spacial score (nSPS) is 31.2. The molecule has 1 fully saturated rings. The number of aldehydes is 1. The summed E-state index contributed by atoms with van der Waals surface area (Å²) < 4.78 is 0. The summed E-state index contributed by atoms with van der Waals surface area (Å²) in [5, 5.41) is 2.70. The first-order valence-electron chi connectivity index (χ1n) is 4.00. The minimum absolute atomic E-state index is 0.0961. The van der Waals surface area contributed by atoms with Crippen LogP contribution in [0.1, 0.15) is 26.2 Å². The Bertz CT molecular complexity index is 179. The third kappa shape index (κ3) is 1.27. The van der Waals surface area contributed by atoms with E-state index in [9.17, 15) is 9.59 Å². The second kappa shape index (κ2) is 3.03. The molecule has 1 amide bonds. The largest absolute Gasteiger partial charge is 0.355 e. The van der Waals surface area contributed by atoms with Crippen LogP contribution in [-0.4, -0.2) is 18.7 Å². The lowest BCUT2D eigenvalue weighted by Gasteiger charge is -2.29. The van der Waals surface area contributed by atoms with Crippen molar-refractivity contribution < 1.29 is 9.59 Å². The van der Waals surface area contributed by atoms with Crippen LogP contribution in [0.3, 0.4) is 0 Å². The molecule has 0 aromatic heterocycles. The molecule has 0 aliphatic carbocycles. The van der Waals surface area contributed by atoms with Gasteiger partial charge < -0.3 is 10.1 Å². The molecule has 1 aliphatic heterocycles. The molecule has 11 heavy (non-hydrogen) atoms. The minimum Gasteiger partial charge on any atom is -0.355 e. The van der Waals surface area contributed by atoms with Gasteiger partial charge in [-0.1, -0.05) is 6.92 Å². The maximum atomic E-state index is 11.2. The summed E-state index contributed by atoms with van der Waals surface area (Å²) in [6.07, 6.45) is 3.03. The molecule has 1 heterocycles. The van der Waals surface area contributed by atoms with Gasteiger partial charge in [-0.25, -0.2) is 0 Å². The fourth-order valence-corrected chi connectivity index (χ4v) is 1.43. The second-order valence-electron chi connectivity index (χ2n) is 2.99. The van der Waals surface area contributed by atoms with Crippen molar-refractivity contribution in [2.75, 3.05) is 6.54 Å². The highest BCUT2D eigenvalue weighted by atomic mass is 16.2. The van der Waals surface area contributed by atoms with E-state index in [1.54, 1.807) is 0 Å². The average molecular weight is 155 g/mol. The van der Waals surface area contributed by atoms with Gasteiger partial charge in [-0.05, 0) is 19.3 Å². The van der Waals surface area contributed by atoms with E-state index in [0.29, 0.717) is 19.4 Å². The van der Waals surface area contributed by atoms with Gasteiger partial charge in [0, 0.05) is 6.54 Å². The Labute approximate surface area is 66.2 Å². The van der Waals surface area contributed by atoms with Crippen LogP contribution in [0.5, 0.6) is 0 Å². The number of carbonyl (C=O) groups is 2. The third-order valence-corrected chi connectivity index (χ3v) is 2.39. The highest BCUT2D eigenvalue weighted by Gasteiger charge is 2.38. The Kier molecular flexibility index (Phi) is 2.27. The zero-order valence-electron chi connectivity index (χ0n) is 6.72. The lowest BCUT2D eigenvalue weighted by Crippen LogP contribution is -2.46. The Morgan fingerprint density at radius 2 is 2.45 bits per heavy atom. The summed E-state index contributed by atoms with van der Waals surface area (Å²) in [6.45, 7) is 2.59. The van der Waals surface area contributed by atoms with Gasteiger partial charge in [0.15, 0.2) is 0 Å². The zero-order valence-corrected chi connectivity index (χ0v) is 6.72. The van der Waals surface area contributed by atoms with Crippen LogP contribution in [0.15, 0.2) is 0 Å². The molecule has 1 saturated heterocycles. The van der Waals surface area contributed by atoms with E-state index in [-0.39, 0.29) is 5.91 Å². The molecule has 3 nitrogen and oxygen atoms in total. The summed E-state index contributed by atoms with van der Waals surface area (Å²) in [4.78, 5) is 21.9. The van der Waals surface area contributed by atoms with E-state index >= 15 is 0 Å². The molecule has 1 atom stereocenters. The molecule has 0 bridgehead atoms. The molecule has 62 valence electrons. The van der Waals surface area contributed by atoms with E-state index in [1.807, 2.05) is 6.92 Å². The van der Waals surface area contributed by atoms with Crippen molar-refractivity contribution in [1.82, 2.24) is 5.32 Å². The lowest BCUT2D eigenvalue weighted by molar-refractivity contribution is -0.139. The van der Waals surface area contributed by atoms with Crippen LogP contribution in [0.4, 0.5) is 0 Å². The van der Waals surface area contributed by atoms with Crippen LogP contribution in [0, 0.1) is 5.41 Å². The molecular formula is C8H13NO2. The van der Waals surface area contributed by atoms with Crippen LogP contribution < -0.4 is 5.32 Å². The van der Waals surface area contributed by atoms with E-state index in [1.165, 1.54) is 0 Å². The van der Waals surface area contributed by atoms with Gasteiger partial charge in [-0.2, -0.15) is 0 Å². The minimum atomic E-state index is -0.710. The standard InChI is InChI=1S/C8H13NO2/c1-2-8(6-10)4-3-5-9-7(8)11/h6H,2-5H2,1H3,(H,9,11). The van der Waals surface area contributed by atoms with Crippen LogP contribution in [-0.2, 0) is 9.59 Å². The summed E-state index contributed by atoms with van der Waals surface area (Å²) in [5.74, 6) is -0.0961. The number of rotatable bonds is 2. The van der Waals surface area contributed by atoms with E-state index in [0.717, 1.165) is 12.7 Å². The lowest BCUT2D eigenvalue weighted by atomic mass is 9.79. The van der Waals surface area contributed by atoms with Gasteiger partial charge >= 0.3 is 0 Å². The predicted octanol–water partition coefficient (Wildman–Crippen LogP) is 0.492. The molecule has 1 aliphatic rings.